The van der Waals surface area contributed by atoms with Crippen molar-refractivity contribution in [3.05, 3.63) is 66.5 Å². The standard InChI is InChI=1S/C25H23ClN4O4S/c1-16-6-8-18(9-7-16)35(31,32)30-20(13-17-5-4-11-27-24(17)30)19-15-29(12-10-26)21-14-22(33-2)25(34-3)28-23(19)21/h4-9,11,13-15H,10,12H2,1-3H3. The van der Waals surface area contributed by atoms with Crippen molar-refractivity contribution in [2.24, 2.45) is 0 Å². The van der Waals surface area contributed by atoms with Gasteiger partial charge in [-0.25, -0.2) is 22.4 Å². The molecular formula is C25H23ClN4O4S. The quantitative estimate of drug-likeness (QED) is 0.291. The van der Waals surface area contributed by atoms with E-state index in [0.717, 1.165) is 11.1 Å². The van der Waals surface area contributed by atoms with Crippen LogP contribution in [-0.2, 0) is 16.6 Å². The number of nitrogens with zero attached hydrogens (tertiary/aromatic N) is 4. The highest BCUT2D eigenvalue weighted by atomic mass is 35.5. The molecule has 10 heteroatoms. The van der Waals surface area contributed by atoms with Crippen molar-refractivity contribution in [2.75, 3.05) is 20.1 Å². The highest BCUT2D eigenvalue weighted by Crippen LogP contribution is 2.39. The van der Waals surface area contributed by atoms with Gasteiger partial charge in [-0.2, -0.15) is 0 Å². The molecule has 0 amide bonds. The Balaban J connectivity index is 1.86. The van der Waals surface area contributed by atoms with Crippen LogP contribution in [0.1, 0.15) is 5.56 Å². The molecule has 4 aromatic heterocycles. The van der Waals surface area contributed by atoms with Gasteiger partial charge >= 0.3 is 0 Å². The normalized spacial score (nSPS) is 11.9. The van der Waals surface area contributed by atoms with E-state index in [4.69, 9.17) is 21.1 Å². The molecular weight excluding hydrogens is 488 g/mol. The molecule has 5 rings (SSSR count). The van der Waals surface area contributed by atoms with Crippen LogP contribution in [0, 0.1) is 6.92 Å². The zero-order chi connectivity index (χ0) is 24.7. The van der Waals surface area contributed by atoms with Crippen LogP contribution in [-0.4, -0.2) is 47.0 Å². The van der Waals surface area contributed by atoms with Gasteiger partial charge in [0.25, 0.3) is 15.9 Å². The fourth-order valence-electron chi connectivity index (χ4n) is 4.19. The summed E-state index contributed by atoms with van der Waals surface area (Å²) in [7, 11) is -0.934. The maximum absolute atomic E-state index is 13.9. The van der Waals surface area contributed by atoms with Crippen LogP contribution in [0.3, 0.4) is 0 Å². The molecule has 1 aromatic carbocycles. The minimum absolute atomic E-state index is 0.171. The zero-order valence-corrected chi connectivity index (χ0v) is 21.0. The molecule has 4 heterocycles. The van der Waals surface area contributed by atoms with Crippen LogP contribution in [0.25, 0.3) is 33.3 Å². The summed E-state index contributed by atoms with van der Waals surface area (Å²) in [5.41, 5.74) is 3.67. The summed E-state index contributed by atoms with van der Waals surface area (Å²) in [5, 5.41) is 0.692. The summed E-state index contributed by atoms with van der Waals surface area (Å²) in [5.74, 6) is 1.13. The molecule has 0 aliphatic heterocycles. The molecule has 0 saturated heterocycles. The van der Waals surface area contributed by atoms with Crippen molar-refractivity contribution in [2.45, 2.75) is 18.4 Å². The lowest BCUT2D eigenvalue weighted by Gasteiger charge is -2.12. The molecule has 0 radical (unpaired) electrons. The van der Waals surface area contributed by atoms with Gasteiger partial charge in [0.2, 0.25) is 0 Å². The van der Waals surface area contributed by atoms with E-state index >= 15 is 0 Å². The number of ether oxygens (including phenoxy) is 2. The molecule has 180 valence electrons. The number of methoxy groups -OCH3 is 2. The molecule has 8 nitrogen and oxygen atoms in total. The predicted octanol–water partition coefficient (Wildman–Crippen LogP) is 4.85. The third-order valence-electron chi connectivity index (χ3n) is 5.88. The van der Waals surface area contributed by atoms with E-state index in [1.165, 1.54) is 11.1 Å². The van der Waals surface area contributed by atoms with Crippen LogP contribution < -0.4 is 9.47 Å². The Morgan fingerprint density at radius 1 is 1.06 bits per heavy atom. The van der Waals surface area contributed by atoms with Crippen molar-refractivity contribution in [1.82, 2.24) is 18.5 Å². The minimum atomic E-state index is -3.98. The number of pyridine rings is 2. The summed E-state index contributed by atoms with van der Waals surface area (Å²) in [6.07, 6.45) is 3.44. The van der Waals surface area contributed by atoms with Gasteiger partial charge in [0.05, 0.1) is 30.3 Å². The summed E-state index contributed by atoms with van der Waals surface area (Å²) in [6.45, 7) is 2.41. The van der Waals surface area contributed by atoms with Gasteiger partial charge in [-0.05, 0) is 37.3 Å². The van der Waals surface area contributed by atoms with Crippen molar-refractivity contribution in [1.29, 1.82) is 0 Å². The second-order valence-electron chi connectivity index (χ2n) is 8.02. The van der Waals surface area contributed by atoms with Crippen molar-refractivity contribution in [3.63, 3.8) is 0 Å². The van der Waals surface area contributed by atoms with Crippen molar-refractivity contribution in [3.8, 4) is 22.9 Å². The molecule has 0 bridgehead atoms. The molecule has 0 N–H and O–H groups in total. The number of fused-ring (bicyclic) bond motifs is 2. The highest BCUT2D eigenvalue weighted by molar-refractivity contribution is 7.90. The van der Waals surface area contributed by atoms with Crippen LogP contribution >= 0.6 is 11.6 Å². The third kappa shape index (κ3) is 3.81. The molecule has 0 spiro atoms. The first-order chi connectivity index (χ1) is 16.9. The Hall–Kier alpha value is -3.56. The molecule has 0 atom stereocenters. The largest absolute Gasteiger partial charge is 0.491 e. The van der Waals surface area contributed by atoms with Gasteiger partial charge < -0.3 is 14.0 Å². The molecule has 0 aliphatic carbocycles. The highest BCUT2D eigenvalue weighted by Gasteiger charge is 2.27. The third-order valence-corrected chi connectivity index (χ3v) is 7.77. The van der Waals surface area contributed by atoms with Gasteiger partial charge in [0.1, 0.15) is 5.52 Å². The first kappa shape index (κ1) is 23.2. The first-order valence-corrected chi connectivity index (χ1v) is 12.8. The van der Waals surface area contributed by atoms with E-state index in [9.17, 15) is 8.42 Å². The number of halogens is 1. The van der Waals surface area contributed by atoms with E-state index in [2.05, 4.69) is 9.97 Å². The lowest BCUT2D eigenvalue weighted by atomic mass is 10.2. The molecule has 0 aliphatic rings. The number of aromatic nitrogens is 4. The monoisotopic (exact) mass is 510 g/mol. The Kier molecular flexibility index (Phi) is 5.90. The van der Waals surface area contributed by atoms with E-state index in [-0.39, 0.29) is 4.90 Å². The topological polar surface area (TPSA) is 88.2 Å². The summed E-state index contributed by atoms with van der Waals surface area (Å²) in [4.78, 5) is 9.26. The fourth-order valence-corrected chi connectivity index (χ4v) is 5.85. The fraction of sp³-hybridized carbons (Fsp3) is 0.200. The maximum Gasteiger partial charge on any atom is 0.269 e. The van der Waals surface area contributed by atoms with E-state index in [0.29, 0.717) is 51.9 Å². The summed E-state index contributed by atoms with van der Waals surface area (Å²) in [6, 6.07) is 14.0. The van der Waals surface area contributed by atoms with Crippen LogP contribution in [0.2, 0.25) is 0 Å². The van der Waals surface area contributed by atoms with Gasteiger partial charge in [-0.1, -0.05) is 17.7 Å². The van der Waals surface area contributed by atoms with Crippen LogP contribution in [0.15, 0.2) is 65.8 Å². The Labute approximate surface area is 207 Å². The van der Waals surface area contributed by atoms with Crippen molar-refractivity contribution < 1.29 is 17.9 Å². The predicted molar refractivity (Wildman–Crippen MR) is 136 cm³/mol. The van der Waals surface area contributed by atoms with E-state index < -0.39 is 10.0 Å². The number of rotatable bonds is 7. The van der Waals surface area contributed by atoms with E-state index in [1.54, 1.807) is 43.6 Å². The second kappa shape index (κ2) is 8.90. The Morgan fingerprint density at radius 3 is 2.51 bits per heavy atom. The molecule has 35 heavy (non-hydrogen) atoms. The maximum atomic E-state index is 13.9. The SMILES string of the molecule is COc1cc2c(nc1OC)c(-c1cc3cccnc3n1S(=O)(=O)c1ccc(C)cc1)cn2CCCl. The number of hydrogen-bond acceptors (Lipinski definition) is 6. The van der Waals surface area contributed by atoms with Gasteiger partial charge in [0.15, 0.2) is 11.4 Å². The summed E-state index contributed by atoms with van der Waals surface area (Å²) < 4.78 is 42.0. The first-order valence-electron chi connectivity index (χ1n) is 10.9. The number of aryl methyl sites for hydroxylation is 2. The smallest absolute Gasteiger partial charge is 0.269 e. The van der Waals surface area contributed by atoms with E-state index in [1.807, 2.05) is 35.9 Å². The molecule has 0 saturated carbocycles. The average Bonchev–Trinajstić information content (AvgIpc) is 3.42. The zero-order valence-electron chi connectivity index (χ0n) is 19.4. The average molecular weight is 511 g/mol. The molecule has 0 unspecified atom stereocenters. The lowest BCUT2D eigenvalue weighted by molar-refractivity contribution is 0.344. The van der Waals surface area contributed by atoms with Gasteiger partial charge in [0, 0.05) is 41.8 Å². The Morgan fingerprint density at radius 2 is 1.83 bits per heavy atom. The second-order valence-corrected chi connectivity index (χ2v) is 10.2. The van der Waals surface area contributed by atoms with Crippen molar-refractivity contribution >= 4 is 43.7 Å². The summed E-state index contributed by atoms with van der Waals surface area (Å²) >= 11 is 6.08. The van der Waals surface area contributed by atoms with Crippen LogP contribution in [0.5, 0.6) is 11.6 Å². The van der Waals surface area contributed by atoms with Gasteiger partial charge in [-0.15, -0.1) is 11.6 Å². The molecule has 5 aromatic rings. The number of hydrogen-bond donors (Lipinski definition) is 0. The number of benzene rings is 1. The minimum Gasteiger partial charge on any atom is -0.491 e. The lowest BCUT2D eigenvalue weighted by Crippen LogP contribution is -2.14. The van der Waals surface area contributed by atoms with Crippen LogP contribution in [0.4, 0.5) is 0 Å². The molecule has 0 fully saturated rings. The number of alkyl halides is 1. The van der Waals surface area contributed by atoms with Gasteiger partial charge in [-0.3, -0.25) is 0 Å². The Bertz CT molecular complexity index is 1660.